The molecule has 0 rings (SSSR count). The van der Waals surface area contributed by atoms with Crippen LogP contribution in [-0.4, -0.2) is 36.8 Å². The summed E-state index contributed by atoms with van der Waals surface area (Å²) < 4.78 is 24.7. The SMILES string of the molecule is CC(C(=O)O)S(=O)(=O)NCC(C)(C)N. The van der Waals surface area contributed by atoms with Gasteiger partial charge in [0.1, 0.15) is 0 Å². The number of carboxylic acids is 1. The van der Waals surface area contributed by atoms with Crippen LogP contribution in [-0.2, 0) is 14.8 Å². The second kappa shape index (κ2) is 4.24. The maximum absolute atomic E-state index is 11.3. The number of hydrogen-bond donors (Lipinski definition) is 3. The van der Waals surface area contributed by atoms with Gasteiger partial charge in [-0.1, -0.05) is 0 Å². The molecule has 0 aromatic rings. The normalized spacial score (nSPS) is 15.1. The number of nitrogens with two attached hydrogens (primary N) is 1. The molecule has 1 atom stereocenters. The Kier molecular flexibility index (Phi) is 4.04. The third kappa shape index (κ3) is 4.54. The van der Waals surface area contributed by atoms with E-state index in [0.29, 0.717) is 0 Å². The van der Waals surface area contributed by atoms with E-state index in [1.807, 2.05) is 0 Å². The van der Waals surface area contributed by atoms with E-state index in [2.05, 4.69) is 4.72 Å². The smallest absolute Gasteiger partial charge is 0.323 e. The van der Waals surface area contributed by atoms with Crippen LogP contribution in [0.5, 0.6) is 0 Å². The number of carbonyl (C=O) groups is 1. The number of rotatable bonds is 5. The van der Waals surface area contributed by atoms with Crippen molar-refractivity contribution < 1.29 is 18.3 Å². The maximum atomic E-state index is 11.3. The average molecular weight is 224 g/mol. The third-order valence-corrected chi connectivity index (χ3v) is 3.22. The standard InChI is InChI=1S/C7H16N2O4S/c1-5(6(10)11)14(12,13)9-4-7(2,3)8/h5,9H,4,8H2,1-3H3,(H,10,11). The van der Waals surface area contributed by atoms with Gasteiger partial charge in [-0.25, -0.2) is 13.1 Å². The fourth-order valence-corrected chi connectivity index (χ4v) is 1.63. The summed E-state index contributed by atoms with van der Waals surface area (Å²) in [4.78, 5) is 10.4. The molecule has 7 heteroatoms. The Labute approximate surface area is 83.5 Å². The van der Waals surface area contributed by atoms with Crippen LogP contribution in [0.4, 0.5) is 0 Å². The van der Waals surface area contributed by atoms with E-state index in [-0.39, 0.29) is 6.54 Å². The van der Waals surface area contributed by atoms with Crippen LogP contribution in [0, 0.1) is 0 Å². The van der Waals surface area contributed by atoms with Crippen LogP contribution in [0.3, 0.4) is 0 Å². The van der Waals surface area contributed by atoms with E-state index in [0.717, 1.165) is 6.92 Å². The van der Waals surface area contributed by atoms with Gasteiger partial charge in [-0.2, -0.15) is 0 Å². The molecule has 14 heavy (non-hydrogen) atoms. The molecule has 0 heterocycles. The Morgan fingerprint density at radius 2 is 2.00 bits per heavy atom. The second-order valence-corrected chi connectivity index (χ2v) is 5.92. The second-order valence-electron chi connectivity index (χ2n) is 3.84. The zero-order valence-corrected chi connectivity index (χ0v) is 9.26. The van der Waals surface area contributed by atoms with Crippen molar-refractivity contribution in [3.8, 4) is 0 Å². The van der Waals surface area contributed by atoms with Crippen molar-refractivity contribution in [3.05, 3.63) is 0 Å². The van der Waals surface area contributed by atoms with Gasteiger partial charge in [-0.3, -0.25) is 4.79 Å². The Morgan fingerprint density at radius 3 is 2.29 bits per heavy atom. The van der Waals surface area contributed by atoms with Crippen molar-refractivity contribution in [3.63, 3.8) is 0 Å². The van der Waals surface area contributed by atoms with Gasteiger partial charge >= 0.3 is 5.97 Å². The van der Waals surface area contributed by atoms with Crippen LogP contribution in [0.1, 0.15) is 20.8 Å². The predicted octanol–water partition coefficient (Wildman–Crippen LogP) is -0.884. The van der Waals surface area contributed by atoms with Crippen molar-refractivity contribution in [2.75, 3.05) is 6.54 Å². The minimum atomic E-state index is -3.82. The average Bonchev–Trinajstić information content (AvgIpc) is 1.98. The molecule has 84 valence electrons. The molecule has 6 nitrogen and oxygen atoms in total. The number of hydrogen-bond acceptors (Lipinski definition) is 4. The van der Waals surface area contributed by atoms with Gasteiger partial charge in [0, 0.05) is 12.1 Å². The summed E-state index contributed by atoms with van der Waals surface area (Å²) in [5.41, 5.74) is 4.84. The van der Waals surface area contributed by atoms with Crippen molar-refractivity contribution in [2.45, 2.75) is 31.6 Å². The van der Waals surface area contributed by atoms with E-state index < -0.39 is 26.8 Å². The highest BCUT2D eigenvalue weighted by Crippen LogP contribution is 2.01. The molecule has 0 aliphatic heterocycles. The van der Waals surface area contributed by atoms with Crippen molar-refractivity contribution in [2.24, 2.45) is 5.73 Å². The lowest BCUT2D eigenvalue weighted by atomic mass is 10.1. The molecule has 0 aliphatic rings. The first-order valence-corrected chi connectivity index (χ1v) is 5.61. The molecule has 0 fully saturated rings. The Morgan fingerprint density at radius 1 is 1.57 bits per heavy atom. The molecule has 1 unspecified atom stereocenters. The van der Waals surface area contributed by atoms with Gasteiger partial charge in [-0.15, -0.1) is 0 Å². The minimum absolute atomic E-state index is 0.00690. The molecule has 0 bridgehead atoms. The fourth-order valence-electron chi connectivity index (χ4n) is 0.544. The van der Waals surface area contributed by atoms with Gasteiger partial charge < -0.3 is 10.8 Å². The van der Waals surface area contributed by atoms with E-state index in [1.165, 1.54) is 0 Å². The molecule has 0 saturated heterocycles. The van der Waals surface area contributed by atoms with Crippen LogP contribution in [0.25, 0.3) is 0 Å². The van der Waals surface area contributed by atoms with Gasteiger partial charge in [0.2, 0.25) is 10.0 Å². The third-order valence-electron chi connectivity index (χ3n) is 1.54. The highest BCUT2D eigenvalue weighted by atomic mass is 32.2. The monoisotopic (exact) mass is 224 g/mol. The largest absolute Gasteiger partial charge is 0.480 e. The van der Waals surface area contributed by atoms with E-state index in [1.54, 1.807) is 13.8 Å². The van der Waals surface area contributed by atoms with Crippen LogP contribution in [0.15, 0.2) is 0 Å². The summed E-state index contributed by atoms with van der Waals surface area (Å²) in [5, 5.41) is 7.03. The van der Waals surface area contributed by atoms with Gasteiger partial charge in [-0.05, 0) is 20.8 Å². The highest BCUT2D eigenvalue weighted by molar-refractivity contribution is 7.90. The molecule has 0 aromatic carbocycles. The molecular formula is C7H16N2O4S. The van der Waals surface area contributed by atoms with Gasteiger partial charge in [0.25, 0.3) is 0 Å². The van der Waals surface area contributed by atoms with Gasteiger partial charge in [0.05, 0.1) is 0 Å². The lowest BCUT2D eigenvalue weighted by molar-refractivity contribution is -0.136. The molecule has 0 spiro atoms. The Bertz CT molecular complexity index is 304. The molecule has 0 aromatic heterocycles. The molecular weight excluding hydrogens is 208 g/mol. The van der Waals surface area contributed by atoms with Crippen LogP contribution >= 0.6 is 0 Å². The molecule has 0 radical (unpaired) electrons. The predicted molar refractivity (Wildman–Crippen MR) is 52.3 cm³/mol. The molecule has 0 amide bonds. The number of carboxylic acid groups (broad SMARTS) is 1. The molecule has 0 aliphatic carbocycles. The first kappa shape index (κ1) is 13.3. The van der Waals surface area contributed by atoms with Crippen molar-refractivity contribution in [1.29, 1.82) is 0 Å². The number of aliphatic carboxylic acids is 1. The topological polar surface area (TPSA) is 109 Å². The summed E-state index contributed by atoms with van der Waals surface area (Å²) in [7, 11) is -3.82. The number of sulfonamides is 1. The highest BCUT2D eigenvalue weighted by Gasteiger charge is 2.28. The van der Waals surface area contributed by atoms with Crippen LogP contribution in [0.2, 0.25) is 0 Å². The molecule has 0 saturated carbocycles. The lowest BCUT2D eigenvalue weighted by Crippen LogP contribution is -2.48. The minimum Gasteiger partial charge on any atom is -0.480 e. The van der Waals surface area contributed by atoms with Crippen molar-refractivity contribution >= 4 is 16.0 Å². The number of nitrogens with one attached hydrogen (secondary N) is 1. The quantitative estimate of drug-likeness (QED) is 0.561. The summed E-state index contributed by atoms with van der Waals surface area (Å²) in [5.74, 6) is -1.38. The zero-order valence-electron chi connectivity index (χ0n) is 8.44. The van der Waals surface area contributed by atoms with Crippen molar-refractivity contribution in [1.82, 2.24) is 4.72 Å². The van der Waals surface area contributed by atoms with E-state index in [9.17, 15) is 13.2 Å². The Hall–Kier alpha value is -0.660. The summed E-state index contributed by atoms with van der Waals surface area (Å²) in [6.45, 7) is 4.39. The summed E-state index contributed by atoms with van der Waals surface area (Å²) in [6.07, 6.45) is 0. The maximum Gasteiger partial charge on any atom is 0.323 e. The van der Waals surface area contributed by atoms with Gasteiger partial charge in [0.15, 0.2) is 5.25 Å². The molecule has 4 N–H and O–H groups in total. The fraction of sp³-hybridized carbons (Fsp3) is 0.857. The zero-order chi connectivity index (χ0) is 11.6. The summed E-state index contributed by atoms with van der Waals surface area (Å²) in [6, 6.07) is 0. The summed E-state index contributed by atoms with van der Waals surface area (Å²) >= 11 is 0. The van der Waals surface area contributed by atoms with Crippen LogP contribution < -0.4 is 10.5 Å². The van der Waals surface area contributed by atoms with E-state index >= 15 is 0 Å². The lowest BCUT2D eigenvalue weighted by Gasteiger charge is -2.19. The van der Waals surface area contributed by atoms with E-state index in [4.69, 9.17) is 10.8 Å². The first-order chi connectivity index (χ1) is 6.06. The first-order valence-electron chi connectivity index (χ1n) is 4.06. The Balaban J connectivity index is 4.45.